The zero-order valence-electron chi connectivity index (χ0n) is 21.5. The number of amides is 1. The number of Topliss-reactive ketones (excluding diaryl/α,β-unsaturated/α-hetero) is 1. The number of carbonyl (C=O) groups is 2. The lowest BCUT2D eigenvalue weighted by Gasteiger charge is -2.29. The second-order valence-corrected chi connectivity index (χ2v) is 11.0. The molecule has 2 aromatic carbocycles. The molecule has 2 saturated heterocycles. The van der Waals surface area contributed by atoms with Gasteiger partial charge in [0.1, 0.15) is 11.6 Å². The number of alkyl halides is 6. The summed E-state index contributed by atoms with van der Waals surface area (Å²) in [5.74, 6) is -1.58. The molecule has 5 nitrogen and oxygen atoms in total. The van der Waals surface area contributed by atoms with Gasteiger partial charge in [-0.15, -0.1) is 0 Å². The van der Waals surface area contributed by atoms with E-state index in [0.29, 0.717) is 36.2 Å². The molecule has 5 atom stereocenters. The Morgan fingerprint density at radius 2 is 1.66 bits per heavy atom. The van der Waals surface area contributed by atoms with Gasteiger partial charge in [0.15, 0.2) is 0 Å². The molecule has 13 heteroatoms. The fraction of sp³-hybridized carbons (Fsp3) is 0.464. The minimum atomic E-state index is -5.03. The Hall–Kier alpha value is -2.99. The van der Waals surface area contributed by atoms with Crippen LogP contribution in [0.25, 0.3) is 0 Å². The van der Waals surface area contributed by atoms with E-state index < -0.39 is 59.5 Å². The normalized spacial score (nSPS) is 26.8. The van der Waals surface area contributed by atoms with E-state index in [1.165, 1.54) is 24.0 Å². The van der Waals surface area contributed by atoms with Gasteiger partial charge in [0.05, 0.1) is 41.8 Å². The Morgan fingerprint density at radius 3 is 2.22 bits per heavy atom. The molecule has 0 spiro atoms. The van der Waals surface area contributed by atoms with Crippen LogP contribution in [0.3, 0.4) is 0 Å². The minimum Gasteiger partial charge on any atom is -0.368 e. The summed E-state index contributed by atoms with van der Waals surface area (Å²) in [6, 6.07) is 3.70. The molecule has 1 amide bonds. The third kappa shape index (κ3) is 5.99. The molecule has 2 aromatic rings. The van der Waals surface area contributed by atoms with E-state index in [1.54, 1.807) is 0 Å². The molecule has 1 saturated carbocycles. The molecule has 0 bridgehead atoms. The van der Waals surface area contributed by atoms with Crippen LogP contribution in [0.1, 0.15) is 66.9 Å². The van der Waals surface area contributed by atoms with Crippen molar-refractivity contribution in [3.05, 3.63) is 69.5 Å². The largest absolute Gasteiger partial charge is 0.416 e. The van der Waals surface area contributed by atoms with Gasteiger partial charge in [-0.3, -0.25) is 14.6 Å². The highest BCUT2D eigenvalue weighted by Crippen LogP contribution is 2.47. The molecule has 0 N–H and O–H groups in total. The maximum absolute atomic E-state index is 13.9. The van der Waals surface area contributed by atoms with Gasteiger partial charge in [0, 0.05) is 36.0 Å². The van der Waals surface area contributed by atoms with Crippen molar-refractivity contribution in [2.45, 2.75) is 75.2 Å². The van der Waals surface area contributed by atoms with Gasteiger partial charge in [0.25, 0.3) is 0 Å². The van der Waals surface area contributed by atoms with Crippen LogP contribution in [0.5, 0.6) is 0 Å². The Morgan fingerprint density at radius 1 is 1.00 bits per heavy atom. The highest BCUT2D eigenvalue weighted by molar-refractivity contribution is 6.31. The number of hydrogen-bond donors (Lipinski definition) is 0. The predicted molar refractivity (Wildman–Crippen MR) is 134 cm³/mol. The van der Waals surface area contributed by atoms with E-state index in [9.17, 15) is 40.3 Å². The standard InChI is InChI=1S/C28H24ClF7N2O3/c1-13(14-6-15(27(31,32)33)8-16(7-14)28(34,35)36)41-23-12-38-24(40)11-22(37-18-3-4-19(39)10-18)26(38)25(23)20-5-2-17(30)9-21(20)29/h2,5-9,13,22-23,25-26H,3-4,10-12H2,1H3/t13-,22?,23+,25-,26+/m1/s1. The summed E-state index contributed by atoms with van der Waals surface area (Å²) in [5, 5.41) is 0.0262. The lowest BCUT2D eigenvalue weighted by atomic mass is 9.86. The molecular weight excluding hydrogens is 581 g/mol. The fourth-order valence-electron chi connectivity index (χ4n) is 5.97. The van der Waals surface area contributed by atoms with E-state index in [4.69, 9.17) is 21.3 Å². The average molecular weight is 605 g/mol. The first-order valence-corrected chi connectivity index (χ1v) is 13.3. The van der Waals surface area contributed by atoms with Crippen molar-refractivity contribution in [2.24, 2.45) is 4.99 Å². The molecular formula is C28H24ClF7N2O3. The predicted octanol–water partition coefficient (Wildman–Crippen LogP) is 6.92. The van der Waals surface area contributed by atoms with Crippen LogP contribution < -0.4 is 0 Å². The number of halogens is 8. The molecule has 5 rings (SSSR count). The number of nitrogens with zero attached hydrogens (tertiary/aromatic N) is 2. The van der Waals surface area contributed by atoms with Crippen LogP contribution in [0, 0.1) is 5.82 Å². The van der Waals surface area contributed by atoms with Crippen LogP contribution >= 0.6 is 11.6 Å². The summed E-state index contributed by atoms with van der Waals surface area (Å²) in [6.45, 7) is 1.30. The third-order valence-electron chi connectivity index (χ3n) is 7.83. The summed E-state index contributed by atoms with van der Waals surface area (Å²) in [5.41, 5.74) is -2.24. The number of ketones is 1. The summed E-state index contributed by atoms with van der Waals surface area (Å²) in [7, 11) is 0. The van der Waals surface area contributed by atoms with Crippen molar-refractivity contribution in [1.82, 2.24) is 4.90 Å². The summed E-state index contributed by atoms with van der Waals surface area (Å²) in [4.78, 5) is 31.0. The molecule has 1 unspecified atom stereocenters. The molecule has 1 aliphatic carbocycles. The first kappa shape index (κ1) is 29.5. The van der Waals surface area contributed by atoms with Crippen molar-refractivity contribution in [3.63, 3.8) is 0 Å². The lowest BCUT2D eigenvalue weighted by Crippen LogP contribution is -2.34. The number of hydrogen-bond acceptors (Lipinski definition) is 4. The fourth-order valence-corrected chi connectivity index (χ4v) is 6.26. The zero-order chi connectivity index (χ0) is 29.9. The Balaban J connectivity index is 1.52. The van der Waals surface area contributed by atoms with E-state index in [2.05, 4.69) is 0 Å². The molecule has 0 radical (unpaired) electrons. The van der Waals surface area contributed by atoms with Crippen molar-refractivity contribution >= 4 is 29.0 Å². The van der Waals surface area contributed by atoms with Gasteiger partial charge in [-0.05, 0) is 54.8 Å². The second kappa shape index (κ2) is 10.7. The van der Waals surface area contributed by atoms with Crippen LogP contribution in [0.15, 0.2) is 41.4 Å². The molecule has 41 heavy (non-hydrogen) atoms. The number of aliphatic imine (C=N–C) groups is 1. The highest BCUT2D eigenvalue weighted by Gasteiger charge is 2.54. The van der Waals surface area contributed by atoms with Crippen molar-refractivity contribution in [1.29, 1.82) is 0 Å². The average Bonchev–Trinajstić information content (AvgIpc) is 3.53. The number of fused-ring (bicyclic) bond motifs is 1. The maximum atomic E-state index is 13.9. The van der Waals surface area contributed by atoms with Crippen molar-refractivity contribution < 1.29 is 45.1 Å². The monoisotopic (exact) mass is 604 g/mol. The third-order valence-corrected chi connectivity index (χ3v) is 8.15. The van der Waals surface area contributed by atoms with Crippen LogP contribution in [0.4, 0.5) is 30.7 Å². The van der Waals surface area contributed by atoms with Crippen molar-refractivity contribution in [3.8, 4) is 0 Å². The first-order valence-electron chi connectivity index (χ1n) is 12.9. The van der Waals surface area contributed by atoms with Gasteiger partial charge >= 0.3 is 12.4 Å². The molecule has 220 valence electrons. The van der Waals surface area contributed by atoms with E-state index >= 15 is 0 Å². The molecule has 3 aliphatic rings. The quantitative estimate of drug-likeness (QED) is 0.348. The second-order valence-electron chi connectivity index (χ2n) is 10.6. The Labute approximate surface area is 235 Å². The maximum Gasteiger partial charge on any atom is 0.416 e. The Bertz CT molecular complexity index is 1380. The van der Waals surface area contributed by atoms with Gasteiger partial charge in [-0.1, -0.05) is 17.7 Å². The number of ether oxygens (including phenoxy) is 1. The molecule has 0 aromatic heterocycles. The summed E-state index contributed by atoms with van der Waals surface area (Å²) in [6.07, 6.45) is -11.2. The van der Waals surface area contributed by atoms with Gasteiger partial charge < -0.3 is 9.64 Å². The van der Waals surface area contributed by atoms with Crippen LogP contribution in [-0.2, 0) is 26.7 Å². The summed E-state index contributed by atoms with van der Waals surface area (Å²) >= 11 is 6.40. The number of carbonyl (C=O) groups excluding carboxylic acids is 2. The van der Waals surface area contributed by atoms with E-state index in [0.717, 1.165) is 6.07 Å². The SMILES string of the molecule is C[C@@H](O[C@H]1CN2C(=O)CC(N=C3CCC(=O)C3)[C@H]2[C@@H]1c1ccc(F)cc1Cl)c1cc(C(F)(F)F)cc(C(F)(F)F)c1. The number of rotatable bonds is 5. The topological polar surface area (TPSA) is 59.0 Å². The zero-order valence-corrected chi connectivity index (χ0v) is 22.3. The minimum absolute atomic E-state index is 0.0262. The van der Waals surface area contributed by atoms with Crippen LogP contribution in [0.2, 0.25) is 5.02 Å². The molecule has 2 aliphatic heterocycles. The smallest absolute Gasteiger partial charge is 0.368 e. The van der Waals surface area contributed by atoms with Gasteiger partial charge in [0.2, 0.25) is 5.91 Å². The van der Waals surface area contributed by atoms with E-state index in [-0.39, 0.29) is 47.7 Å². The Kier molecular flexibility index (Phi) is 7.69. The molecule has 2 heterocycles. The first-order chi connectivity index (χ1) is 19.1. The lowest BCUT2D eigenvalue weighted by molar-refractivity contribution is -0.143. The molecule has 3 fully saturated rings. The van der Waals surface area contributed by atoms with E-state index in [1.807, 2.05) is 0 Å². The van der Waals surface area contributed by atoms with Crippen LogP contribution in [-0.4, -0.2) is 47.0 Å². The summed E-state index contributed by atoms with van der Waals surface area (Å²) < 4.78 is 101. The van der Waals surface area contributed by atoms with Gasteiger partial charge in [-0.2, -0.15) is 26.3 Å². The highest BCUT2D eigenvalue weighted by atomic mass is 35.5. The van der Waals surface area contributed by atoms with Crippen molar-refractivity contribution in [2.75, 3.05) is 6.54 Å². The number of benzene rings is 2. The van der Waals surface area contributed by atoms with Gasteiger partial charge in [-0.25, -0.2) is 4.39 Å².